The normalized spacial score (nSPS) is 12.4. The van der Waals surface area contributed by atoms with Gasteiger partial charge in [-0.05, 0) is 31.9 Å². The highest BCUT2D eigenvalue weighted by Gasteiger charge is 2.19. The Morgan fingerprint density at radius 1 is 1.44 bits per heavy atom. The van der Waals surface area contributed by atoms with Crippen LogP contribution < -0.4 is 0 Å². The molecule has 0 radical (unpaired) electrons. The zero-order valence-corrected chi connectivity index (χ0v) is 10.2. The summed E-state index contributed by atoms with van der Waals surface area (Å²) in [4.78, 5) is 16.1. The maximum absolute atomic E-state index is 12.1. The van der Waals surface area contributed by atoms with E-state index >= 15 is 0 Å². The molecule has 0 saturated carbocycles. The molecule has 1 aromatic heterocycles. The summed E-state index contributed by atoms with van der Waals surface area (Å²) in [6.07, 6.45) is 4.73. The predicted octanol–water partition coefficient (Wildman–Crippen LogP) is 2.78. The van der Waals surface area contributed by atoms with E-state index in [0.29, 0.717) is 12.2 Å². The molecule has 88 valence electrons. The number of Topliss-reactive ketones (excluding diaryl/α,β-unsaturated/α-hetero) is 1. The Morgan fingerprint density at radius 3 is 2.75 bits per heavy atom. The zero-order valence-electron chi connectivity index (χ0n) is 10.2. The summed E-state index contributed by atoms with van der Waals surface area (Å²) in [6.45, 7) is 6.45. The predicted molar refractivity (Wildman–Crippen MR) is 63.6 cm³/mol. The minimum atomic E-state index is -0.321. The monoisotopic (exact) mass is 221 g/mol. The first-order valence-electron chi connectivity index (χ1n) is 5.76. The van der Waals surface area contributed by atoms with Crippen molar-refractivity contribution in [2.75, 3.05) is 6.61 Å². The van der Waals surface area contributed by atoms with Crippen molar-refractivity contribution in [1.82, 2.24) is 4.98 Å². The van der Waals surface area contributed by atoms with Gasteiger partial charge in [0.05, 0.1) is 0 Å². The van der Waals surface area contributed by atoms with Gasteiger partial charge in [-0.3, -0.25) is 9.78 Å². The molecule has 0 aliphatic rings. The van der Waals surface area contributed by atoms with E-state index in [0.717, 1.165) is 18.4 Å². The fraction of sp³-hybridized carbons (Fsp3) is 0.538. The summed E-state index contributed by atoms with van der Waals surface area (Å²) < 4.78 is 5.46. The van der Waals surface area contributed by atoms with Crippen molar-refractivity contribution in [2.45, 2.75) is 39.7 Å². The smallest absolute Gasteiger partial charge is 0.193 e. The van der Waals surface area contributed by atoms with E-state index in [1.165, 1.54) is 0 Å². The van der Waals surface area contributed by atoms with E-state index in [9.17, 15) is 4.79 Å². The molecule has 3 nitrogen and oxygen atoms in total. The Bertz CT molecular complexity index is 344. The molecule has 0 N–H and O–H groups in total. The van der Waals surface area contributed by atoms with Crippen molar-refractivity contribution < 1.29 is 9.53 Å². The van der Waals surface area contributed by atoms with Crippen LogP contribution in [0.1, 0.15) is 42.6 Å². The van der Waals surface area contributed by atoms with E-state index < -0.39 is 0 Å². The topological polar surface area (TPSA) is 39.2 Å². The van der Waals surface area contributed by atoms with Crippen molar-refractivity contribution in [3.63, 3.8) is 0 Å². The third kappa shape index (κ3) is 3.42. The van der Waals surface area contributed by atoms with Crippen LogP contribution in [0.4, 0.5) is 0 Å². The van der Waals surface area contributed by atoms with Gasteiger partial charge in [0.2, 0.25) is 0 Å². The van der Waals surface area contributed by atoms with Gasteiger partial charge in [0, 0.05) is 24.6 Å². The van der Waals surface area contributed by atoms with Gasteiger partial charge in [0.25, 0.3) is 0 Å². The Balaban J connectivity index is 2.81. The number of carbonyl (C=O) groups is 1. The molecule has 0 bridgehead atoms. The second-order valence-electron chi connectivity index (χ2n) is 3.85. The van der Waals surface area contributed by atoms with E-state index in [2.05, 4.69) is 4.98 Å². The maximum Gasteiger partial charge on any atom is 0.193 e. The van der Waals surface area contributed by atoms with Gasteiger partial charge in [-0.1, -0.05) is 13.3 Å². The molecule has 0 aliphatic heterocycles. The van der Waals surface area contributed by atoms with Crippen molar-refractivity contribution in [2.24, 2.45) is 0 Å². The summed E-state index contributed by atoms with van der Waals surface area (Å²) in [7, 11) is 0. The second kappa shape index (κ2) is 6.38. The summed E-state index contributed by atoms with van der Waals surface area (Å²) in [5, 5.41) is 0. The molecule has 0 aliphatic carbocycles. The lowest BCUT2D eigenvalue weighted by Crippen LogP contribution is -2.24. The Morgan fingerprint density at radius 2 is 2.19 bits per heavy atom. The number of ketones is 1. The van der Waals surface area contributed by atoms with Crippen LogP contribution in [0.5, 0.6) is 0 Å². The molecule has 1 aromatic rings. The standard InChI is InChI=1S/C13H19NO2/c1-4-6-12(16-5-2)13(15)11-7-10(3)8-14-9-11/h7-9,12H,4-6H2,1-3H3. The van der Waals surface area contributed by atoms with E-state index in [1.807, 2.05) is 26.8 Å². The van der Waals surface area contributed by atoms with Crippen LogP contribution in [0.3, 0.4) is 0 Å². The first kappa shape index (κ1) is 12.8. The molecule has 1 unspecified atom stereocenters. The zero-order chi connectivity index (χ0) is 12.0. The molecular formula is C13H19NO2. The van der Waals surface area contributed by atoms with Crippen molar-refractivity contribution in [3.05, 3.63) is 29.6 Å². The fourth-order valence-electron chi connectivity index (χ4n) is 1.63. The van der Waals surface area contributed by atoms with E-state index in [-0.39, 0.29) is 11.9 Å². The van der Waals surface area contributed by atoms with Crippen LogP contribution in [0.25, 0.3) is 0 Å². The van der Waals surface area contributed by atoms with E-state index in [4.69, 9.17) is 4.74 Å². The Kier molecular flexibility index (Phi) is 5.12. The molecule has 1 heterocycles. The van der Waals surface area contributed by atoms with Gasteiger partial charge in [0.15, 0.2) is 5.78 Å². The minimum Gasteiger partial charge on any atom is -0.370 e. The second-order valence-corrected chi connectivity index (χ2v) is 3.85. The molecule has 0 amide bonds. The number of hydrogen-bond acceptors (Lipinski definition) is 3. The molecule has 1 atom stereocenters. The molecule has 16 heavy (non-hydrogen) atoms. The fourth-order valence-corrected chi connectivity index (χ4v) is 1.63. The van der Waals surface area contributed by atoms with Crippen LogP contribution in [-0.4, -0.2) is 23.5 Å². The van der Waals surface area contributed by atoms with Crippen LogP contribution >= 0.6 is 0 Å². The lowest BCUT2D eigenvalue weighted by Gasteiger charge is -2.14. The van der Waals surface area contributed by atoms with Crippen LogP contribution in [0.15, 0.2) is 18.5 Å². The largest absolute Gasteiger partial charge is 0.370 e. The lowest BCUT2D eigenvalue weighted by molar-refractivity contribution is 0.0423. The number of rotatable bonds is 6. The van der Waals surface area contributed by atoms with Crippen LogP contribution in [-0.2, 0) is 4.74 Å². The minimum absolute atomic E-state index is 0.0416. The Hall–Kier alpha value is -1.22. The molecule has 0 aromatic carbocycles. The molecule has 1 rings (SSSR count). The van der Waals surface area contributed by atoms with Crippen LogP contribution in [0.2, 0.25) is 0 Å². The highest BCUT2D eigenvalue weighted by atomic mass is 16.5. The SMILES string of the molecule is CCCC(OCC)C(=O)c1cncc(C)c1. The summed E-state index contributed by atoms with van der Waals surface area (Å²) in [5.74, 6) is 0.0416. The molecule has 0 saturated heterocycles. The van der Waals surface area contributed by atoms with Gasteiger partial charge < -0.3 is 4.74 Å². The number of nitrogens with zero attached hydrogens (tertiary/aromatic N) is 1. The number of aromatic nitrogens is 1. The maximum atomic E-state index is 12.1. The summed E-state index contributed by atoms with van der Waals surface area (Å²) in [5.41, 5.74) is 1.64. The highest BCUT2D eigenvalue weighted by Crippen LogP contribution is 2.11. The number of pyridine rings is 1. The molecule has 0 fully saturated rings. The van der Waals surface area contributed by atoms with Gasteiger partial charge in [-0.2, -0.15) is 0 Å². The third-order valence-electron chi connectivity index (χ3n) is 2.37. The van der Waals surface area contributed by atoms with Crippen molar-refractivity contribution >= 4 is 5.78 Å². The number of aryl methyl sites for hydroxylation is 1. The van der Waals surface area contributed by atoms with Gasteiger partial charge in [-0.15, -0.1) is 0 Å². The Labute approximate surface area is 96.8 Å². The first-order valence-corrected chi connectivity index (χ1v) is 5.76. The third-order valence-corrected chi connectivity index (χ3v) is 2.37. The quantitative estimate of drug-likeness (QED) is 0.693. The molecule has 3 heteroatoms. The van der Waals surface area contributed by atoms with E-state index in [1.54, 1.807) is 12.4 Å². The number of hydrogen-bond donors (Lipinski definition) is 0. The molecule has 0 spiro atoms. The van der Waals surface area contributed by atoms with Gasteiger partial charge in [-0.25, -0.2) is 0 Å². The van der Waals surface area contributed by atoms with Crippen molar-refractivity contribution in [1.29, 1.82) is 0 Å². The van der Waals surface area contributed by atoms with Gasteiger partial charge in [0.1, 0.15) is 6.10 Å². The van der Waals surface area contributed by atoms with Crippen molar-refractivity contribution in [3.8, 4) is 0 Å². The lowest BCUT2D eigenvalue weighted by atomic mass is 10.0. The highest BCUT2D eigenvalue weighted by molar-refractivity contribution is 5.99. The number of carbonyl (C=O) groups excluding carboxylic acids is 1. The average Bonchev–Trinajstić information content (AvgIpc) is 2.28. The number of ether oxygens (including phenoxy) is 1. The summed E-state index contributed by atoms with van der Waals surface area (Å²) in [6, 6.07) is 1.86. The van der Waals surface area contributed by atoms with Crippen LogP contribution in [0, 0.1) is 6.92 Å². The summed E-state index contributed by atoms with van der Waals surface area (Å²) >= 11 is 0. The molecular weight excluding hydrogens is 202 g/mol. The van der Waals surface area contributed by atoms with Gasteiger partial charge >= 0.3 is 0 Å². The first-order chi connectivity index (χ1) is 7.69. The average molecular weight is 221 g/mol.